The molecule has 1 fully saturated rings. The molecule has 2 N–H and O–H groups in total. The second-order valence-electron chi connectivity index (χ2n) is 4.47. The maximum atomic E-state index is 12.0. The molecule has 1 aliphatic rings. The van der Waals surface area contributed by atoms with Gasteiger partial charge in [0.25, 0.3) is 0 Å². The van der Waals surface area contributed by atoms with Gasteiger partial charge in [0.2, 0.25) is 0 Å². The first-order valence-corrected chi connectivity index (χ1v) is 6.08. The summed E-state index contributed by atoms with van der Waals surface area (Å²) < 4.78 is 41.5. The Kier molecular flexibility index (Phi) is 5.69. The Bertz CT molecular complexity index is 223. The average Bonchev–Trinajstić information content (AvgIpc) is 2.27. The fraction of sp³-hybridized carbons (Fsp3) is 1.00. The van der Waals surface area contributed by atoms with E-state index in [1.165, 1.54) is 0 Å². The Morgan fingerprint density at radius 3 is 2.76 bits per heavy atom. The minimum Gasteiger partial charge on any atom is -0.374 e. The van der Waals surface area contributed by atoms with Crippen LogP contribution in [0.25, 0.3) is 0 Å². The minimum atomic E-state index is -4.08. The molecule has 0 aromatic rings. The number of ether oxygens (including phenoxy) is 1. The van der Waals surface area contributed by atoms with Crippen LogP contribution >= 0.6 is 0 Å². The van der Waals surface area contributed by atoms with Crippen LogP contribution in [0.5, 0.6) is 0 Å². The van der Waals surface area contributed by atoms with Gasteiger partial charge in [-0.15, -0.1) is 0 Å². The molecule has 17 heavy (non-hydrogen) atoms. The van der Waals surface area contributed by atoms with Crippen molar-refractivity contribution >= 4 is 0 Å². The maximum absolute atomic E-state index is 12.0. The second-order valence-corrected chi connectivity index (χ2v) is 4.47. The first-order chi connectivity index (χ1) is 7.92. The molecule has 1 aliphatic heterocycles. The van der Waals surface area contributed by atoms with Crippen LogP contribution in [0.3, 0.4) is 0 Å². The van der Waals surface area contributed by atoms with Gasteiger partial charge in [-0.1, -0.05) is 6.92 Å². The van der Waals surface area contributed by atoms with E-state index in [1.54, 1.807) is 0 Å². The number of nitrogens with zero attached hydrogens (tertiary/aromatic N) is 1. The predicted octanol–water partition coefficient (Wildman–Crippen LogP) is 1.77. The molecule has 2 unspecified atom stereocenters. The Balaban J connectivity index is 2.24. The smallest absolute Gasteiger partial charge is 0.374 e. The molecule has 0 amide bonds. The number of alkyl halides is 3. The van der Waals surface area contributed by atoms with Crippen LogP contribution in [-0.2, 0) is 4.74 Å². The van der Waals surface area contributed by atoms with Crippen molar-refractivity contribution in [3.05, 3.63) is 0 Å². The Morgan fingerprint density at radius 1 is 1.47 bits per heavy atom. The number of nitrogens with two attached hydrogens (primary N) is 1. The summed E-state index contributed by atoms with van der Waals surface area (Å²) in [6.45, 7) is 5.20. The number of morpholine rings is 1. The van der Waals surface area contributed by atoms with E-state index in [0.29, 0.717) is 13.0 Å². The molecule has 3 nitrogen and oxygen atoms in total. The number of halogens is 3. The van der Waals surface area contributed by atoms with Crippen molar-refractivity contribution in [3.8, 4) is 0 Å². The first-order valence-electron chi connectivity index (χ1n) is 6.08. The molecular weight excluding hydrogens is 233 g/mol. The van der Waals surface area contributed by atoms with E-state index in [4.69, 9.17) is 10.5 Å². The van der Waals surface area contributed by atoms with Crippen molar-refractivity contribution in [2.45, 2.75) is 44.5 Å². The normalized spacial score (nSPS) is 24.9. The van der Waals surface area contributed by atoms with Crippen LogP contribution in [0, 0.1) is 0 Å². The lowest BCUT2D eigenvalue weighted by Crippen LogP contribution is -2.50. The molecule has 2 atom stereocenters. The Labute approximate surface area is 100 Å². The van der Waals surface area contributed by atoms with Crippen molar-refractivity contribution in [1.82, 2.24) is 4.90 Å². The van der Waals surface area contributed by atoms with Crippen molar-refractivity contribution < 1.29 is 17.9 Å². The number of hydrogen-bond acceptors (Lipinski definition) is 3. The van der Waals surface area contributed by atoms with Gasteiger partial charge in [-0.3, -0.25) is 4.90 Å². The third-order valence-electron chi connectivity index (χ3n) is 3.10. The molecule has 0 spiro atoms. The lowest BCUT2D eigenvalue weighted by Gasteiger charge is -2.35. The first kappa shape index (κ1) is 14.7. The molecule has 0 bridgehead atoms. The van der Waals surface area contributed by atoms with E-state index < -0.39 is 12.6 Å². The van der Waals surface area contributed by atoms with Crippen LogP contribution in [0.2, 0.25) is 0 Å². The fourth-order valence-electron chi connectivity index (χ4n) is 2.00. The second kappa shape index (κ2) is 6.56. The van der Waals surface area contributed by atoms with Gasteiger partial charge >= 0.3 is 6.18 Å². The third-order valence-corrected chi connectivity index (χ3v) is 3.10. The highest BCUT2D eigenvalue weighted by Gasteiger charge is 2.29. The topological polar surface area (TPSA) is 38.5 Å². The molecule has 0 radical (unpaired) electrons. The van der Waals surface area contributed by atoms with Crippen LogP contribution < -0.4 is 5.73 Å². The van der Waals surface area contributed by atoms with E-state index in [9.17, 15) is 13.2 Å². The largest absolute Gasteiger partial charge is 0.389 e. The van der Waals surface area contributed by atoms with Crippen LogP contribution in [0.1, 0.15) is 26.2 Å². The van der Waals surface area contributed by atoms with Gasteiger partial charge in [0, 0.05) is 25.6 Å². The maximum Gasteiger partial charge on any atom is 0.389 e. The summed E-state index contributed by atoms with van der Waals surface area (Å²) in [6, 6.07) is -0.299. The van der Waals surface area contributed by atoms with Gasteiger partial charge < -0.3 is 10.5 Å². The lowest BCUT2D eigenvalue weighted by molar-refractivity contribution is -0.136. The summed E-state index contributed by atoms with van der Waals surface area (Å²) in [6.07, 6.45) is -4.52. The third kappa shape index (κ3) is 5.70. The van der Waals surface area contributed by atoms with E-state index in [1.807, 2.05) is 0 Å². The average molecular weight is 254 g/mol. The van der Waals surface area contributed by atoms with Crippen molar-refractivity contribution in [2.24, 2.45) is 5.73 Å². The zero-order valence-corrected chi connectivity index (χ0v) is 10.2. The molecule has 102 valence electrons. The van der Waals surface area contributed by atoms with E-state index in [2.05, 4.69) is 11.8 Å². The van der Waals surface area contributed by atoms with Crippen LogP contribution in [0.4, 0.5) is 13.2 Å². The molecule has 0 saturated carbocycles. The summed E-state index contributed by atoms with van der Waals surface area (Å²) in [5.41, 5.74) is 5.88. The number of hydrogen-bond donors (Lipinski definition) is 1. The quantitative estimate of drug-likeness (QED) is 0.812. The molecule has 0 aromatic heterocycles. The van der Waals surface area contributed by atoms with Gasteiger partial charge in [-0.2, -0.15) is 13.2 Å². The highest BCUT2D eigenvalue weighted by Crippen LogP contribution is 2.23. The Morgan fingerprint density at radius 2 is 2.18 bits per heavy atom. The fourth-order valence-corrected chi connectivity index (χ4v) is 2.00. The summed E-state index contributed by atoms with van der Waals surface area (Å²) in [5.74, 6) is 0. The summed E-state index contributed by atoms with van der Waals surface area (Å²) in [5, 5.41) is 0. The summed E-state index contributed by atoms with van der Waals surface area (Å²) >= 11 is 0. The molecule has 0 aromatic carbocycles. The molecular formula is C11H21F3N2O. The van der Waals surface area contributed by atoms with Crippen molar-refractivity contribution in [1.29, 1.82) is 0 Å². The van der Waals surface area contributed by atoms with Gasteiger partial charge in [-0.05, 0) is 19.4 Å². The van der Waals surface area contributed by atoms with E-state index >= 15 is 0 Å². The molecule has 0 aliphatic carbocycles. The lowest BCUT2D eigenvalue weighted by atomic mass is 10.0. The van der Waals surface area contributed by atoms with Gasteiger partial charge in [0.05, 0.1) is 12.7 Å². The Hall–Kier alpha value is -0.330. The SMILES string of the molecule is CCN1CCOC(C(N)CCCC(F)(F)F)C1. The summed E-state index contributed by atoms with van der Waals surface area (Å²) in [7, 11) is 0. The monoisotopic (exact) mass is 254 g/mol. The van der Waals surface area contributed by atoms with E-state index in [-0.39, 0.29) is 18.6 Å². The molecule has 1 saturated heterocycles. The molecule has 1 rings (SSSR count). The standard InChI is InChI=1S/C11H21F3N2O/c1-2-16-6-7-17-10(8-16)9(15)4-3-5-11(12,13)14/h9-10H,2-8,15H2,1H3. The van der Waals surface area contributed by atoms with Gasteiger partial charge in [-0.25, -0.2) is 0 Å². The number of likely N-dealkylation sites (N-methyl/N-ethyl adjacent to an activating group) is 1. The van der Waals surface area contributed by atoms with Gasteiger partial charge in [0.15, 0.2) is 0 Å². The number of rotatable bonds is 5. The summed E-state index contributed by atoms with van der Waals surface area (Å²) in [4.78, 5) is 2.21. The zero-order chi connectivity index (χ0) is 12.9. The van der Waals surface area contributed by atoms with Crippen LogP contribution in [-0.4, -0.2) is 49.5 Å². The van der Waals surface area contributed by atoms with Crippen LogP contribution in [0.15, 0.2) is 0 Å². The predicted molar refractivity (Wildman–Crippen MR) is 59.7 cm³/mol. The molecule has 1 heterocycles. The highest BCUT2D eigenvalue weighted by atomic mass is 19.4. The zero-order valence-electron chi connectivity index (χ0n) is 10.2. The van der Waals surface area contributed by atoms with E-state index in [0.717, 1.165) is 19.6 Å². The van der Waals surface area contributed by atoms with Crippen molar-refractivity contribution in [2.75, 3.05) is 26.2 Å². The minimum absolute atomic E-state index is 0.0800. The van der Waals surface area contributed by atoms with Gasteiger partial charge in [0.1, 0.15) is 0 Å². The molecule has 6 heteroatoms. The van der Waals surface area contributed by atoms with Crippen molar-refractivity contribution in [3.63, 3.8) is 0 Å². The highest BCUT2D eigenvalue weighted by molar-refractivity contribution is 4.80.